The molecule has 0 aliphatic carbocycles. The number of carbonyl (C=O) groups excluding carboxylic acids is 2. The summed E-state index contributed by atoms with van der Waals surface area (Å²) in [5, 5.41) is 5.98. The largest absolute Gasteiger partial charge is 0.376 e. The summed E-state index contributed by atoms with van der Waals surface area (Å²) in [4.78, 5) is 26.8. The van der Waals surface area contributed by atoms with Gasteiger partial charge in [0.15, 0.2) is 0 Å². The van der Waals surface area contributed by atoms with E-state index in [1.165, 1.54) is 0 Å². The number of piperidine rings is 1. The Hall–Kier alpha value is -1.96. The van der Waals surface area contributed by atoms with Crippen LogP contribution >= 0.6 is 0 Å². The molecule has 3 heterocycles. The summed E-state index contributed by atoms with van der Waals surface area (Å²) in [5.41, 5.74) is 7.70. The third-order valence-electron chi connectivity index (χ3n) is 5.88. The van der Waals surface area contributed by atoms with Gasteiger partial charge >= 0.3 is 6.03 Å². The van der Waals surface area contributed by atoms with Crippen molar-refractivity contribution in [2.45, 2.75) is 50.0 Å². The van der Waals surface area contributed by atoms with E-state index in [1.54, 1.807) is 4.90 Å². The average molecular weight is 358 g/mol. The molecule has 7 heteroatoms. The lowest BCUT2D eigenvalue weighted by atomic mass is 9.74. The number of hydrogen-bond acceptors (Lipinski definition) is 5. The molecular formula is C19H26N4O3. The van der Waals surface area contributed by atoms with Gasteiger partial charge in [-0.05, 0) is 25.3 Å². The Labute approximate surface area is 153 Å². The topological polar surface area (TPSA) is 96.7 Å². The van der Waals surface area contributed by atoms with Crippen LogP contribution in [-0.2, 0) is 9.53 Å². The molecule has 6 unspecified atom stereocenters. The Kier molecular flexibility index (Phi) is 4.69. The Balaban J connectivity index is 1.60. The number of nitrogens with one attached hydrogen (secondary N) is 2. The predicted octanol–water partition coefficient (Wildman–Crippen LogP) is 0.762. The predicted molar refractivity (Wildman–Crippen MR) is 96.3 cm³/mol. The van der Waals surface area contributed by atoms with Crippen LogP contribution in [0, 0.1) is 5.92 Å². The van der Waals surface area contributed by atoms with Crippen molar-refractivity contribution in [2.75, 3.05) is 13.2 Å². The molecular weight excluding hydrogens is 332 g/mol. The smallest absolute Gasteiger partial charge is 0.325 e. The van der Waals surface area contributed by atoms with Crippen molar-refractivity contribution < 1.29 is 14.3 Å². The molecule has 0 radical (unpaired) electrons. The molecule has 1 aromatic carbocycles. The summed E-state index contributed by atoms with van der Waals surface area (Å²) in [6, 6.07) is 9.31. The highest BCUT2D eigenvalue weighted by molar-refractivity contribution is 5.99. The lowest BCUT2D eigenvalue weighted by Crippen LogP contribution is -2.74. The second-order valence-corrected chi connectivity index (χ2v) is 7.52. The molecule has 0 aromatic heterocycles. The van der Waals surface area contributed by atoms with Gasteiger partial charge in [0.1, 0.15) is 0 Å². The average Bonchev–Trinajstić information content (AvgIpc) is 3.12. The maximum Gasteiger partial charge on any atom is 0.325 e. The quantitative estimate of drug-likeness (QED) is 0.741. The van der Waals surface area contributed by atoms with Gasteiger partial charge in [0.2, 0.25) is 5.91 Å². The van der Waals surface area contributed by atoms with Gasteiger partial charge in [0.05, 0.1) is 24.7 Å². The first-order valence-electron chi connectivity index (χ1n) is 9.36. The first-order valence-corrected chi connectivity index (χ1v) is 9.36. The first kappa shape index (κ1) is 17.5. The molecule has 0 saturated carbocycles. The fourth-order valence-corrected chi connectivity index (χ4v) is 4.62. The number of amides is 3. The summed E-state index contributed by atoms with van der Waals surface area (Å²) < 4.78 is 5.69. The highest BCUT2D eigenvalue weighted by atomic mass is 16.5. The Morgan fingerprint density at radius 1 is 1.23 bits per heavy atom. The summed E-state index contributed by atoms with van der Waals surface area (Å²) in [7, 11) is 0. The lowest BCUT2D eigenvalue weighted by Gasteiger charge is -2.51. The molecule has 6 atom stereocenters. The van der Waals surface area contributed by atoms with Gasteiger partial charge in [-0.25, -0.2) is 4.79 Å². The van der Waals surface area contributed by atoms with E-state index < -0.39 is 12.1 Å². The highest BCUT2D eigenvalue weighted by Crippen LogP contribution is 2.35. The van der Waals surface area contributed by atoms with Crippen LogP contribution < -0.4 is 16.4 Å². The van der Waals surface area contributed by atoms with E-state index in [4.69, 9.17) is 10.5 Å². The van der Waals surface area contributed by atoms with Crippen molar-refractivity contribution in [3.05, 3.63) is 35.9 Å². The van der Waals surface area contributed by atoms with Gasteiger partial charge in [-0.2, -0.15) is 0 Å². The fourth-order valence-electron chi connectivity index (χ4n) is 4.62. The molecule has 4 N–H and O–H groups in total. The molecule has 7 nitrogen and oxygen atoms in total. The van der Waals surface area contributed by atoms with Crippen LogP contribution in [0.4, 0.5) is 4.79 Å². The molecule has 4 rings (SSSR count). The van der Waals surface area contributed by atoms with Crippen LogP contribution in [-0.4, -0.2) is 54.3 Å². The number of hydrogen-bond donors (Lipinski definition) is 3. The standard InChI is InChI=1S/C19H26N4O3/c1-11-14(12-6-3-2-4-7-12)16(20)15-17(21-11)23(19(25)22-18(15)24)10-13-8-5-9-26-13/h2-4,6-7,11,13-17,21H,5,8-10,20H2,1H3,(H,22,24,25). The second kappa shape index (κ2) is 6.98. The van der Waals surface area contributed by atoms with Gasteiger partial charge in [-0.1, -0.05) is 30.3 Å². The van der Waals surface area contributed by atoms with E-state index in [9.17, 15) is 9.59 Å². The fraction of sp³-hybridized carbons (Fsp3) is 0.579. The zero-order valence-corrected chi connectivity index (χ0v) is 14.9. The van der Waals surface area contributed by atoms with Crippen molar-refractivity contribution in [3.63, 3.8) is 0 Å². The Morgan fingerprint density at radius 3 is 2.69 bits per heavy atom. The van der Waals surface area contributed by atoms with E-state index in [1.807, 2.05) is 30.3 Å². The van der Waals surface area contributed by atoms with Crippen LogP contribution in [0.15, 0.2) is 30.3 Å². The van der Waals surface area contributed by atoms with Crippen molar-refractivity contribution in [1.29, 1.82) is 0 Å². The minimum atomic E-state index is -0.490. The third kappa shape index (κ3) is 3.00. The second-order valence-electron chi connectivity index (χ2n) is 7.52. The molecule has 0 spiro atoms. The number of nitrogens with two attached hydrogens (primary N) is 1. The number of urea groups is 1. The van der Waals surface area contributed by atoms with Gasteiger partial charge in [0.25, 0.3) is 0 Å². The van der Waals surface area contributed by atoms with Crippen molar-refractivity contribution >= 4 is 11.9 Å². The molecule has 1 aromatic rings. The normalized spacial score (nSPS) is 37.4. The lowest BCUT2D eigenvalue weighted by molar-refractivity contribution is -0.132. The molecule has 3 saturated heterocycles. The molecule has 3 fully saturated rings. The van der Waals surface area contributed by atoms with Crippen molar-refractivity contribution in [1.82, 2.24) is 15.5 Å². The van der Waals surface area contributed by atoms with E-state index in [2.05, 4.69) is 17.6 Å². The highest BCUT2D eigenvalue weighted by Gasteiger charge is 2.52. The van der Waals surface area contributed by atoms with Gasteiger partial charge in [0, 0.05) is 24.6 Å². The molecule has 26 heavy (non-hydrogen) atoms. The van der Waals surface area contributed by atoms with Crippen molar-refractivity contribution in [2.24, 2.45) is 11.7 Å². The number of fused-ring (bicyclic) bond motifs is 1. The monoisotopic (exact) mass is 358 g/mol. The molecule has 3 aliphatic rings. The number of nitrogens with zero attached hydrogens (tertiary/aromatic N) is 1. The maximum atomic E-state index is 12.6. The van der Waals surface area contributed by atoms with Crippen LogP contribution in [0.3, 0.4) is 0 Å². The Bertz CT molecular complexity index is 677. The van der Waals surface area contributed by atoms with E-state index in [-0.39, 0.29) is 36.0 Å². The van der Waals surface area contributed by atoms with Crippen LogP contribution in [0.2, 0.25) is 0 Å². The van der Waals surface area contributed by atoms with Crippen LogP contribution in [0.1, 0.15) is 31.2 Å². The number of ether oxygens (including phenoxy) is 1. The van der Waals surface area contributed by atoms with E-state index >= 15 is 0 Å². The summed E-state index contributed by atoms with van der Waals surface area (Å²) in [5.74, 6) is -0.784. The molecule has 3 amide bonds. The zero-order chi connectivity index (χ0) is 18.3. The summed E-state index contributed by atoms with van der Waals surface area (Å²) >= 11 is 0. The minimum Gasteiger partial charge on any atom is -0.376 e. The van der Waals surface area contributed by atoms with Gasteiger partial charge in [-0.15, -0.1) is 0 Å². The SMILES string of the molecule is CC1NC2C(C(=O)NC(=O)N2CC2CCCO2)C(N)C1c1ccccc1. The van der Waals surface area contributed by atoms with Gasteiger partial charge < -0.3 is 15.4 Å². The zero-order valence-electron chi connectivity index (χ0n) is 14.9. The van der Waals surface area contributed by atoms with Crippen LogP contribution in [0.25, 0.3) is 0 Å². The van der Waals surface area contributed by atoms with Crippen molar-refractivity contribution in [3.8, 4) is 0 Å². The maximum absolute atomic E-state index is 12.6. The number of imide groups is 1. The third-order valence-corrected chi connectivity index (χ3v) is 5.88. The van der Waals surface area contributed by atoms with E-state index in [0.717, 1.165) is 25.0 Å². The number of carbonyl (C=O) groups is 2. The first-order chi connectivity index (χ1) is 12.6. The molecule has 3 aliphatic heterocycles. The Morgan fingerprint density at radius 2 is 2.00 bits per heavy atom. The number of benzene rings is 1. The molecule has 140 valence electrons. The number of rotatable bonds is 3. The van der Waals surface area contributed by atoms with E-state index in [0.29, 0.717) is 6.54 Å². The minimum absolute atomic E-state index is 0.000910. The molecule has 0 bridgehead atoms. The van der Waals surface area contributed by atoms with Gasteiger partial charge in [-0.3, -0.25) is 15.4 Å². The summed E-state index contributed by atoms with van der Waals surface area (Å²) in [6.07, 6.45) is 1.57. The van der Waals surface area contributed by atoms with Crippen LogP contribution in [0.5, 0.6) is 0 Å². The summed E-state index contributed by atoms with van der Waals surface area (Å²) in [6.45, 7) is 3.27.